The fraction of sp³-hybridized carbons (Fsp3) is 0.591. The zero-order chi connectivity index (χ0) is 21.7. The quantitative estimate of drug-likeness (QED) is 0.784. The second-order valence-electron chi connectivity index (χ2n) is 9.04. The van der Waals surface area contributed by atoms with Gasteiger partial charge >= 0.3 is 0 Å². The van der Waals surface area contributed by atoms with Gasteiger partial charge in [0.25, 0.3) is 0 Å². The van der Waals surface area contributed by atoms with Gasteiger partial charge < -0.3 is 10.6 Å². The molecule has 160 valence electrons. The van der Waals surface area contributed by atoms with E-state index in [0.29, 0.717) is 45.2 Å². The van der Waals surface area contributed by atoms with E-state index in [4.69, 9.17) is 5.73 Å². The summed E-state index contributed by atoms with van der Waals surface area (Å²) in [6.07, 6.45) is 5.69. The number of amides is 2. The van der Waals surface area contributed by atoms with E-state index in [-0.39, 0.29) is 10.8 Å². The van der Waals surface area contributed by atoms with E-state index in [1.807, 2.05) is 0 Å². The summed E-state index contributed by atoms with van der Waals surface area (Å²) in [5, 5.41) is 9.82. The molecule has 1 aromatic carbocycles. The van der Waals surface area contributed by atoms with Crippen LogP contribution in [0.15, 0.2) is 23.1 Å². The van der Waals surface area contributed by atoms with Crippen LogP contribution in [0.5, 0.6) is 0 Å². The highest BCUT2D eigenvalue weighted by Gasteiger charge is 2.68. The first-order valence-corrected chi connectivity index (χ1v) is 12.4. The molecule has 1 aromatic rings. The number of primary amides is 1. The molecule has 30 heavy (non-hydrogen) atoms. The van der Waals surface area contributed by atoms with Crippen molar-refractivity contribution in [1.29, 1.82) is 5.26 Å². The Labute approximate surface area is 177 Å². The lowest BCUT2D eigenvalue weighted by atomic mass is 9.57. The van der Waals surface area contributed by atoms with Crippen LogP contribution < -0.4 is 5.73 Å². The molecule has 8 heteroatoms. The number of carbonyl (C=O) groups excluding carboxylic acids is 2. The van der Waals surface area contributed by atoms with Crippen molar-refractivity contribution >= 4 is 21.7 Å². The van der Waals surface area contributed by atoms with Crippen LogP contribution in [-0.2, 0) is 32.4 Å². The number of nitrogens with zero attached hydrogens (tertiary/aromatic N) is 2. The summed E-state index contributed by atoms with van der Waals surface area (Å²) in [6.45, 7) is 0.840. The van der Waals surface area contributed by atoms with Gasteiger partial charge in [-0.15, -0.1) is 0 Å². The third-order valence-electron chi connectivity index (χ3n) is 7.39. The van der Waals surface area contributed by atoms with E-state index >= 15 is 0 Å². The third kappa shape index (κ3) is 3.11. The number of hydrogen-bond donors (Lipinski definition) is 1. The van der Waals surface area contributed by atoms with Crippen LogP contribution in [0.3, 0.4) is 0 Å². The van der Waals surface area contributed by atoms with Crippen LogP contribution in [0.25, 0.3) is 0 Å². The maximum atomic E-state index is 13.6. The summed E-state index contributed by atoms with van der Waals surface area (Å²) in [6, 6.07) is 7.37. The Morgan fingerprint density at radius 3 is 2.53 bits per heavy atom. The molecule has 3 aliphatic rings. The molecule has 2 aliphatic carbocycles. The summed E-state index contributed by atoms with van der Waals surface area (Å²) >= 11 is 0. The molecule has 7 nitrogen and oxygen atoms in total. The maximum absolute atomic E-state index is 13.6. The Balaban J connectivity index is 1.63. The van der Waals surface area contributed by atoms with Crippen molar-refractivity contribution in [1.82, 2.24) is 4.90 Å². The van der Waals surface area contributed by atoms with Gasteiger partial charge in [0.05, 0.1) is 27.7 Å². The summed E-state index contributed by atoms with van der Waals surface area (Å²) in [7, 11) is -3.28. The van der Waals surface area contributed by atoms with E-state index in [1.54, 1.807) is 23.1 Å². The number of carbonyl (C=O) groups is 2. The van der Waals surface area contributed by atoms with E-state index in [9.17, 15) is 23.3 Å². The molecular weight excluding hydrogens is 402 g/mol. The van der Waals surface area contributed by atoms with Gasteiger partial charge in [0.1, 0.15) is 0 Å². The Morgan fingerprint density at radius 2 is 1.93 bits per heavy atom. The minimum atomic E-state index is -3.28. The van der Waals surface area contributed by atoms with Gasteiger partial charge in [-0.3, -0.25) is 9.59 Å². The molecule has 0 spiro atoms. The topological polar surface area (TPSA) is 121 Å². The number of benzene rings is 1. The normalized spacial score (nSPS) is 27.6. The zero-order valence-corrected chi connectivity index (χ0v) is 18.0. The van der Waals surface area contributed by atoms with Crippen molar-refractivity contribution in [2.45, 2.75) is 56.4 Å². The maximum Gasteiger partial charge on any atom is 0.227 e. The Kier molecular flexibility index (Phi) is 4.93. The van der Waals surface area contributed by atoms with E-state index in [0.717, 1.165) is 24.0 Å². The number of nitriles is 1. The summed E-state index contributed by atoms with van der Waals surface area (Å²) in [5.41, 5.74) is 5.84. The third-order valence-corrected chi connectivity index (χ3v) is 8.50. The Hall–Kier alpha value is -2.40. The number of nitrogens with two attached hydrogens (primary N) is 1. The second-order valence-corrected chi connectivity index (χ2v) is 11.1. The van der Waals surface area contributed by atoms with Gasteiger partial charge in [0.15, 0.2) is 9.84 Å². The number of hydrogen-bond acceptors (Lipinski definition) is 5. The molecule has 2 N–H and O–H groups in total. The molecule has 0 aromatic heterocycles. The molecule has 1 heterocycles. The van der Waals surface area contributed by atoms with Gasteiger partial charge in [-0.1, -0.05) is 18.9 Å². The minimum Gasteiger partial charge on any atom is -0.369 e. The highest BCUT2D eigenvalue weighted by atomic mass is 32.2. The van der Waals surface area contributed by atoms with E-state index in [1.165, 1.54) is 6.26 Å². The summed E-state index contributed by atoms with van der Waals surface area (Å²) in [5.74, 6) is -1.19. The van der Waals surface area contributed by atoms with Crippen molar-refractivity contribution in [3.8, 4) is 6.07 Å². The standard InChI is InChI=1S/C22H27N3O4S/c1-30(28,29)17-6-5-16-13-25(11-7-15(16)12-17)19(26)18-4-2-3-8-22(18,20(24)27)21(14-23)9-10-21/h5-6,12,18H,2-4,7-11,13H2,1H3,(H2,24,27). The van der Waals surface area contributed by atoms with Crippen molar-refractivity contribution in [3.05, 3.63) is 29.3 Å². The highest BCUT2D eigenvalue weighted by molar-refractivity contribution is 7.90. The Bertz CT molecular complexity index is 1050. The zero-order valence-electron chi connectivity index (χ0n) is 17.2. The highest BCUT2D eigenvalue weighted by Crippen LogP contribution is 2.65. The van der Waals surface area contributed by atoms with Gasteiger partial charge in [-0.2, -0.15) is 5.26 Å². The van der Waals surface area contributed by atoms with E-state index < -0.39 is 32.5 Å². The number of fused-ring (bicyclic) bond motifs is 1. The summed E-state index contributed by atoms with van der Waals surface area (Å²) < 4.78 is 23.7. The smallest absolute Gasteiger partial charge is 0.227 e. The molecule has 0 bridgehead atoms. The van der Waals surface area contributed by atoms with Crippen molar-refractivity contribution in [2.75, 3.05) is 12.8 Å². The number of sulfone groups is 1. The fourth-order valence-electron chi connectivity index (χ4n) is 5.56. The lowest BCUT2D eigenvalue weighted by Gasteiger charge is -2.46. The Morgan fingerprint density at radius 1 is 1.20 bits per heavy atom. The second kappa shape index (κ2) is 7.09. The monoisotopic (exact) mass is 429 g/mol. The predicted molar refractivity (Wildman–Crippen MR) is 110 cm³/mol. The van der Waals surface area contributed by atoms with Gasteiger partial charge in [-0.25, -0.2) is 8.42 Å². The molecule has 2 atom stereocenters. The molecule has 2 saturated carbocycles. The van der Waals surface area contributed by atoms with Crippen LogP contribution in [-0.4, -0.2) is 37.9 Å². The van der Waals surface area contributed by atoms with Crippen LogP contribution >= 0.6 is 0 Å². The first-order valence-electron chi connectivity index (χ1n) is 10.5. The lowest BCUT2D eigenvalue weighted by Crippen LogP contribution is -2.56. The molecule has 2 fully saturated rings. The fourth-order valence-corrected chi connectivity index (χ4v) is 6.23. The predicted octanol–water partition coefficient (Wildman–Crippen LogP) is 1.94. The largest absolute Gasteiger partial charge is 0.369 e. The van der Waals surface area contributed by atoms with Crippen LogP contribution in [0.4, 0.5) is 0 Å². The van der Waals surface area contributed by atoms with Gasteiger partial charge in [0, 0.05) is 19.3 Å². The van der Waals surface area contributed by atoms with Crippen molar-refractivity contribution < 1.29 is 18.0 Å². The SMILES string of the molecule is CS(=O)(=O)c1ccc2c(c1)CCN(C(=O)C1CCCCC1(C(N)=O)C1(C#N)CC1)C2. The summed E-state index contributed by atoms with van der Waals surface area (Å²) in [4.78, 5) is 28.3. The molecule has 0 saturated heterocycles. The van der Waals surface area contributed by atoms with E-state index in [2.05, 4.69) is 6.07 Å². The average molecular weight is 430 g/mol. The molecule has 4 rings (SSSR count). The average Bonchev–Trinajstić information content (AvgIpc) is 3.53. The van der Waals surface area contributed by atoms with Crippen LogP contribution in [0.2, 0.25) is 0 Å². The van der Waals surface area contributed by atoms with Gasteiger partial charge in [-0.05, 0) is 55.4 Å². The van der Waals surface area contributed by atoms with Crippen LogP contribution in [0.1, 0.15) is 49.7 Å². The van der Waals surface area contributed by atoms with Crippen molar-refractivity contribution in [2.24, 2.45) is 22.5 Å². The first kappa shape index (κ1) is 20.9. The number of rotatable bonds is 4. The molecule has 1 aliphatic heterocycles. The molecule has 0 radical (unpaired) electrons. The molecular formula is C22H27N3O4S. The molecule has 2 unspecified atom stereocenters. The first-order chi connectivity index (χ1) is 14.1. The van der Waals surface area contributed by atoms with Crippen molar-refractivity contribution in [3.63, 3.8) is 0 Å². The minimum absolute atomic E-state index is 0.104. The van der Waals surface area contributed by atoms with Crippen LogP contribution in [0, 0.1) is 28.1 Å². The van der Waals surface area contributed by atoms with Gasteiger partial charge in [0.2, 0.25) is 11.8 Å². The molecule has 2 amide bonds. The lowest BCUT2D eigenvalue weighted by molar-refractivity contribution is -0.154.